The number of rotatable bonds is 5. The van der Waals surface area contributed by atoms with Crippen LogP contribution in [0.1, 0.15) is 40.5 Å². The molecule has 2 atom stereocenters. The molecule has 78 valence electrons. The van der Waals surface area contributed by atoms with Gasteiger partial charge in [0.2, 0.25) is 0 Å². The zero-order valence-electron chi connectivity index (χ0n) is 9.09. The Morgan fingerprint density at radius 3 is 2.38 bits per heavy atom. The van der Waals surface area contributed by atoms with Gasteiger partial charge < -0.3 is 10.5 Å². The number of ether oxygens (including phenoxy) is 1. The molecule has 0 heterocycles. The molecule has 2 unspecified atom stereocenters. The number of esters is 1. The van der Waals surface area contributed by atoms with Crippen LogP contribution in [0.2, 0.25) is 0 Å². The Hall–Kier alpha value is -0.570. The molecule has 0 saturated heterocycles. The van der Waals surface area contributed by atoms with Gasteiger partial charge in [-0.2, -0.15) is 0 Å². The summed E-state index contributed by atoms with van der Waals surface area (Å²) in [7, 11) is 0. The SMILES string of the molecule is CCC(C)OC(=O)C(C)(CC)CN. The molecule has 3 nitrogen and oxygen atoms in total. The highest BCUT2D eigenvalue weighted by Gasteiger charge is 2.32. The summed E-state index contributed by atoms with van der Waals surface area (Å²) in [4.78, 5) is 11.6. The summed E-state index contributed by atoms with van der Waals surface area (Å²) < 4.78 is 5.23. The number of carbonyl (C=O) groups excluding carboxylic acids is 1. The first-order chi connectivity index (χ1) is 6.00. The highest BCUT2D eigenvalue weighted by molar-refractivity contribution is 5.76. The number of carbonyl (C=O) groups is 1. The summed E-state index contributed by atoms with van der Waals surface area (Å²) in [5.74, 6) is -0.174. The molecule has 0 fully saturated rings. The first-order valence-corrected chi connectivity index (χ1v) is 4.91. The Morgan fingerprint density at radius 2 is 2.08 bits per heavy atom. The summed E-state index contributed by atoms with van der Waals surface area (Å²) in [6.45, 7) is 8.02. The number of hydrogen-bond acceptors (Lipinski definition) is 3. The molecular formula is C10H21NO2. The molecule has 0 amide bonds. The van der Waals surface area contributed by atoms with Crippen molar-refractivity contribution >= 4 is 5.97 Å². The van der Waals surface area contributed by atoms with Gasteiger partial charge in [-0.1, -0.05) is 13.8 Å². The first kappa shape index (κ1) is 12.4. The van der Waals surface area contributed by atoms with Gasteiger partial charge in [-0.05, 0) is 26.7 Å². The number of nitrogens with two attached hydrogens (primary N) is 1. The molecule has 3 heteroatoms. The molecule has 0 spiro atoms. The van der Waals surface area contributed by atoms with Crippen LogP contribution in [-0.2, 0) is 9.53 Å². The van der Waals surface area contributed by atoms with E-state index < -0.39 is 5.41 Å². The van der Waals surface area contributed by atoms with Crippen molar-refractivity contribution < 1.29 is 9.53 Å². The van der Waals surface area contributed by atoms with Crippen LogP contribution >= 0.6 is 0 Å². The van der Waals surface area contributed by atoms with Gasteiger partial charge in [0.1, 0.15) is 0 Å². The van der Waals surface area contributed by atoms with Crippen LogP contribution in [0, 0.1) is 5.41 Å². The highest BCUT2D eigenvalue weighted by Crippen LogP contribution is 2.22. The average molecular weight is 187 g/mol. The van der Waals surface area contributed by atoms with Crippen LogP contribution in [0.5, 0.6) is 0 Å². The third-order valence-electron chi connectivity index (χ3n) is 2.61. The standard InChI is InChI=1S/C10H21NO2/c1-5-8(3)13-9(12)10(4,6-2)7-11/h8H,5-7,11H2,1-4H3. The maximum absolute atomic E-state index is 11.6. The minimum atomic E-state index is -0.510. The maximum atomic E-state index is 11.6. The summed E-state index contributed by atoms with van der Waals surface area (Å²) >= 11 is 0. The molecule has 2 N–H and O–H groups in total. The van der Waals surface area contributed by atoms with Crippen LogP contribution in [0.15, 0.2) is 0 Å². The Morgan fingerprint density at radius 1 is 1.54 bits per heavy atom. The minimum Gasteiger partial charge on any atom is -0.462 e. The third kappa shape index (κ3) is 3.35. The van der Waals surface area contributed by atoms with Gasteiger partial charge >= 0.3 is 5.97 Å². The summed E-state index contributed by atoms with van der Waals surface area (Å²) in [6.07, 6.45) is 1.56. The molecule has 0 aliphatic rings. The highest BCUT2D eigenvalue weighted by atomic mass is 16.5. The zero-order chi connectivity index (χ0) is 10.5. The van der Waals surface area contributed by atoms with Gasteiger partial charge in [-0.25, -0.2) is 0 Å². The minimum absolute atomic E-state index is 0.00933. The quantitative estimate of drug-likeness (QED) is 0.666. The first-order valence-electron chi connectivity index (χ1n) is 4.91. The van der Waals surface area contributed by atoms with Crippen molar-refractivity contribution in [2.45, 2.75) is 46.6 Å². The van der Waals surface area contributed by atoms with E-state index in [0.29, 0.717) is 6.54 Å². The van der Waals surface area contributed by atoms with Crippen molar-refractivity contribution in [3.05, 3.63) is 0 Å². The molecule has 0 aromatic heterocycles. The van der Waals surface area contributed by atoms with E-state index in [1.807, 2.05) is 27.7 Å². The van der Waals surface area contributed by atoms with E-state index in [1.54, 1.807) is 0 Å². The molecule has 0 rings (SSSR count). The smallest absolute Gasteiger partial charge is 0.313 e. The molecule has 0 aliphatic carbocycles. The molecule has 0 saturated carbocycles. The van der Waals surface area contributed by atoms with E-state index in [2.05, 4.69) is 0 Å². The lowest BCUT2D eigenvalue weighted by molar-refractivity contribution is -0.159. The van der Waals surface area contributed by atoms with Crippen LogP contribution in [-0.4, -0.2) is 18.6 Å². The van der Waals surface area contributed by atoms with Gasteiger partial charge in [0.25, 0.3) is 0 Å². The molecule has 0 aromatic carbocycles. The van der Waals surface area contributed by atoms with Crippen molar-refractivity contribution in [2.24, 2.45) is 11.1 Å². The van der Waals surface area contributed by atoms with Crippen molar-refractivity contribution in [1.29, 1.82) is 0 Å². The summed E-state index contributed by atoms with van der Waals surface area (Å²) in [6, 6.07) is 0. The fraction of sp³-hybridized carbons (Fsp3) is 0.900. The van der Waals surface area contributed by atoms with Crippen LogP contribution in [0.4, 0.5) is 0 Å². The van der Waals surface area contributed by atoms with Gasteiger partial charge in [0.05, 0.1) is 11.5 Å². The van der Waals surface area contributed by atoms with E-state index >= 15 is 0 Å². The van der Waals surface area contributed by atoms with Crippen molar-refractivity contribution in [3.63, 3.8) is 0 Å². The maximum Gasteiger partial charge on any atom is 0.313 e. The summed E-state index contributed by atoms with van der Waals surface area (Å²) in [5, 5.41) is 0. The molecular weight excluding hydrogens is 166 g/mol. The molecule has 0 aromatic rings. The predicted octanol–water partition coefficient (Wildman–Crippen LogP) is 1.70. The van der Waals surface area contributed by atoms with E-state index in [4.69, 9.17) is 10.5 Å². The largest absolute Gasteiger partial charge is 0.462 e. The molecule has 13 heavy (non-hydrogen) atoms. The van der Waals surface area contributed by atoms with Crippen LogP contribution in [0.25, 0.3) is 0 Å². The second kappa shape index (κ2) is 5.22. The lowest BCUT2D eigenvalue weighted by Gasteiger charge is -2.25. The molecule has 0 aliphatic heterocycles. The van der Waals surface area contributed by atoms with E-state index in [9.17, 15) is 4.79 Å². The fourth-order valence-electron chi connectivity index (χ4n) is 0.780. The zero-order valence-corrected chi connectivity index (χ0v) is 9.09. The van der Waals surface area contributed by atoms with E-state index in [0.717, 1.165) is 12.8 Å². The second-order valence-electron chi connectivity index (χ2n) is 3.74. The average Bonchev–Trinajstić information content (AvgIpc) is 2.16. The fourth-order valence-corrected chi connectivity index (χ4v) is 0.780. The van der Waals surface area contributed by atoms with Crippen molar-refractivity contribution in [3.8, 4) is 0 Å². The Bertz CT molecular complexity index is 164. The summed E-state index contributed by atoms with van der Waals surface area (Å²) in [5.41, 5.74) is 5.02. The number of hydrogen-bond donors (Lipinski definition) is 1. The van der Waals surface area contributed by atoms with Crippen molar-refractivity contribution in [2.75, 3.05) is 6.54 Å². The van der Waals surface area contributed by atoms with E-state index in [-0.39, 0.29) is 12.1 Å². The Kier molecular flexibility index (Phi) is 4.99. The van der Waals surface area contributed by atoms with Gasteiger partial charge in [-0.15, -0.1) is 0 Å². The molecule has 0 bridgehead atoms. The second-order valence-corrected chi connectivity index (χ2v) is 3.74. The van der Waals surface area contributed by atoms with Gasteiger partial charge in [0, 0.05) is 6.54 Å². The third-order valence-corrected chi connectivity index (χ3v) is 2.61. The lowest BCUT2D eigenvalue weighted by atomic mass is 9.88. The predicted molar refractivity (Wildman–Crippen MR) is 53.3 cm³/mol. The van der Waals surface area contributed by atoms with E-state index in [1.165, 1.54) is 0 Å². The van der Waals surface area contributed by atoms with Crippen LogP contribution < -0.4 is 5.73 Å². The van der Waals surface area contributed by atoms with Gasteiger partial charge in [-0.3, -0.25) is 4.79 Å². The van der Waals surface area contributed by atoms with Crippen molar-refractivity contribution in [1.82, 2.24) is 0 Å². The monoisotopic (exact) mass is 187 g/mol. The normalized spacial score (nSPS) is 17.6. The van der Waals surface area contributed by atoms with Crippen LogP contribution in [0.3, 0.4) is 0 Å². The Labute approximate surface area is 80.6 Å². The topological polar surface area (TPSA) is 52.3 Å². The van der Waals surface area contributed by atoms with Gasteiger partial charge in [0.15, 0.2) is 0 Å². The lowest BCUT2D eigenvalue weighted by Crippen LogP contribution is -2.38. The Balaban J connectivity index is 4.22. The molecule has 0 radical (unpaired) electrons.